The summed E-state index contributed by atoms with van der Waals surface area (Å²) in [5, 5.41) is 6.79. The maximum absolute atomic E-state index is 12.2. The summed E-state index contributed by atoms with van der Waals surface area (Å²) in [6.45, 7) is 4.63. The third kappa shape index (κ3) is 5.05. The molecule has 0 saturated heterocycles. The highest BCUT2D eigenvalue weighted by Crippen LogP contribution is 2.21. The SMILES string of the molecule is Cc1cccc(Nc2cnc(C(=O)NCCc3ccc(Cl)cc3)cn2)c1C. The number of carbonyl (C=O) groups is 1. The van der Waals surface area contributed by atoms with Crippen molar-refractivity contribution in [3.05, 3.63) is 82.3 Å². The molecule has 3 rings (SSSR count). The molecule has 138 valence electrons. The zero-order valence-electron chi connectivity index (χ0n) is 15.3. The van der Waals surface area contributed by atoms with E-state index < -0.39 is 0 Å². The molecule has 0 aliphatic heterocycles. The van der Waals surface area contributed by atoms with Crippen LogP contribution in [0.3, 0.4) is 0 Å². The van der Waals surface area contributed by atoms with Crippen molar-refractivity contribution in [1.29, 1.82) is 0 Å². The minimum atomic E-state index is -0.241. The van der Waals surface area contributed by atoms with E-state index in [4.69, 9.17) is 11.6 Å². The van der Waals surface area contributed by atoms with Gasteiger partial charge in [0.05, 0.1) is 12.4 Å². The van der Waals surface area contributed by atoms with Crippen LogP contribution < -0.4 is 10.6 Å². The van der Waals surface area contributed by atoms with E-state index in [0.717, 1.165) is 23.2 Å². The Morgan fingerprint density at radius 2 is 1.81 bits per heavy atom. The Hall–Kier alpha value is -2.92. The van der Waals surface area contributed by atoms with Crippen molar-refractivity contribution in [3.8, 4) is 0 Å². The van der Waals surface area contributed by atoms with Gasteiger partial charge >= 0.3 is 0 Å². The molecule has 3 aromatic rings. The van der Waals surface area contributed by atoms with Gasteiger partial charge in [0.25, 0.3) is 5.91 Å². The van der Waals surface area contributed by atoms with Crippen LogP contribution >= 0.6 is 11.6 Å². The average Bonchev–Trinajstić information content (AvgIpc) is 2.67. The second-order valence-corrected chi connectivity index (χ2v) is 6.73. The number of nitrogens with zero attached hydrogens (tertiary/aromatic N) is 2. The summed E-state index contributed by atoms with van der Waals surface area (Å²) in [5.41, 5.74) is 4.73. The Morgan fingerprint density at radius 1 is 1.04 bits per heavy atom. The highest BCUT2D eigenvalue weighted by Gasteiger charge is 2.08. The molecule has 1 aromatic heterocycles. The Balaban J connectivity index is 1.55. The van der Waals surface area contributed by atoms with Crippen LogP contribution in [0.25, 0.3) is 0 Å². The molecular weight excluding hydrogens is 360 g/mol. The van der Waals surface area contributed by atoms with Crippen LogP contribution in [0.4, 0.5) is 11.5 Å². The van der Waals surface area contributed by atoms with Gasteiger partial charge in [-0.15, -0.1) is 0 Å². The molecule has 0 aliphatic rings. The number of carbonyl (C=O) groups excluding carboxylic acids is 1. The lowest BCUT2D eigenvalue weighted by Gasteiger charge is -2.11. The Labute approximate surface area is 163 Å². The number of hydrogen-bond acceptors (Lipinski definition) is 4. The standard InChI is InChI=1S/C21H21ClN4O/c1-14-4-3-5-18(15(14)2)26-20-13-24-19(12-25-20)21(27)23-11-10-16-6-8-17(22)9-7-16/h3-9,12-13H,10-11H2,1-2H3,(H,23,27)(H,25,26). The summed E-state index contributed by atoms with van der Waals surface area (Å²) in [6.07, 6.45) is 3.77. The molecule has 0 bridgehead atoms. The predicted molar refractivity (Wildman–Crippen MR) is 109 cm³/mol. The maximum Gasteiger partial charge on any atom is 0.271 e. The molecule has 2 N–H and O–H groups in total. The van der Waals surface area contributed by atoms with Crippen LogP contribution in [0, 0.1) is 13.8 Å². The number of aryl methyl sites for hydroxylation is 1. The van der Waals surface area contributed by atoms with Gasteiger partial charge < -0.3 is 10.6 Å². The number of aromatic nitrogens is 2. The van der Waals surface area contributed by atoms with Gasteiger partial charge in [-0.25, -0.2) is 9.97 Å². The summed E-state index contributed by atoms with van der Waals surface area (Å²) in [7, 11) is 0. The summed E-state index contributed by atoms with van der Waals surface area (Å²) in [6, 6.07) is 13.6. The molecule has 6 heteroatoms. The number of benzene rings is 2. The van der Waals surface area contributed by atoms with E-state index in [1.807, 2.05) is 43.3 Å². The highest BCUT2D eigenvalue weighted by molar-refractivity contribution is 6.30. The smallest absolute Gasteiger partial charge is 0.271 e. The van der Waals surface area contributed by atoms with E-state index in [1.165, 1.54) is 11.8 Å². The fraction of sp³-hybridized carbons (Fsp3) is 0.190. The van der Waals surface area contributed by atoms with Crippen molar-refractivity contribution < 1.29 is 4.79 Å². The average molecular weight is 381 g/mol. The monoisotopic (exact) mass is 380 g/mol. The third-order valence-corrected chi connectivity index (χ3v) is 4.62. The van der Waals surface area contributed by atoms with Crippen molar-refractivity contribution in [2.45, 2.75) is 20.3 Å². The van der Waals surface area contributed by atoms with E-state index in [9.17, 15) is 4.79 Å². The zero-order chi connectivity index (χ0) is 19.2. The van der Waals surface area contributed by atoms with Crippen molar-refractivity contribution in [2.24, 2.45) is 0 Å². The second kappa shape index (κ2) is 8.64. The van der Waals surface area contributed by atoms with Gasteiger partial charge in [-0.05, 0) is 55.2 Å². The van der Waals surface area contributed by atoms with Crippen molar-refractivity contribution in [3.63, 3.8) is 0 Å². The fourth-order valence-corrected chi connectivity index (χ4v) is 2.72. The molecule has 0 radical (unpaired) electrons. The molecule has 5 nitrogen and oxygen atoms in total. The van der Waals surface area contributed by atoms with Crippen LogP contribution in [0.15, 0.2) is 54.9 Å². The van der Waals surface area contributed by atoms with Gasteiger partial charge in [0.15, 0.2) is 0 Å². The number of rotatable bonds is 6. The molecule has 0 unspecified atom stereocenters. The number of hydrogen-bond donors (Lipinski definition) is 2. The highest BCUT2D eigenvalue weighted by atomic mass is 35.5. The number of nitrogens with one attached hydrogen (secondary N) is 2. The van der Waals surface area contributed by atoms with Crippen LogP contribution in [-0.4, -0.2) is 22.4 Å². The Morgan fingerprint density at radius 3 is 2.52 bits per heavy atom. The third-order valence-electron chi connectivity index (χ3n) is 4.36. The molecule has 1 heterocycles. The number of anilines is 2. The molecule has 1 amide bonds. The first-order chi connectivity index (χ1) is 13.0. The molecule has 0 atom stereocenters. The summed E-state index contributed by atoms with van der Waals surface area (Å²) < 4.78 is 0. The van der Waals surface area contributed by atoms with Crippen molar-refractivity contribution >= 4 is 29.0 Å². The lowest BCUT2D eigenvalue weighted by molar-refractivity contribution is 0.0949. The van der Waals surface area contributed by atoms with Crippen LogP contribution in [0.2, 0.25) is 5.02 Å². The normalized spacial score (nSPS) is 10.5. The van der Waals surface area contributed by atoms with E-state index in [2.05, 4.69) is 33.6 Å². The lowest BCUT2D eigenvalue weighted by atomic mass is 10.1. The minimum absolute atomic E-state index is 0.241. The first-order valence-electron chi connectivity index (χ1n) is 8.71. The van der Waals surface area contributed by atoms with E-state index in [1.54, 1.807) is 6.20 Å². The molecule has 0 aliphatic carbocycles. The number of amides is 1. The summed E-state index contributed by atoms with van der Waals surface area (Å²) >= 11 is 5.87. The van der Waals surface area contributed by atoms with Crippen molar-refractivity contribution in [2.75, 3.05) is 11.9 Å². The van der Waals surface area contributed by atoms with Crippen molar-refractivity contribution in [1.82, 2.24) is 15.3 Å². The first-order valence-corrected chi connectivity index (χ1v) is 9.08. The lowest BCUT2D eigenvalue weighted by Crippen LogP contribution is -2.26. The van der Waals surface area contributed by atoms with Gasteiger partial charge in [-0.1, -0.05) is 35.9 Å². The first kappa shape index (κ1) is 18.9. The predicted octanol–water partition coefficient (Wildman–Crippen LogP) is 4.46. The van der Waals surface area contributed by atoms with Gasteiger partial charge in [0, 0.05) is 17.3 Å². The van der Waals surface area contributed by atoms with Crippen LogP contribution in [0.5, 0.6) is 0 Å². The van der Waals surface area contributed by atoms with Gasteiger partial charge in [0.1, 0.15) is 11.5 Å². The van der Waals surface area contributed by atoms with Crippen LogP contribution in [0.1, 0.15) is 27.2 Å². The molecule has 0 saturated carbocycles. The molecule has 0 fully saturated rings. The molecular formula is C21H21ClN4O. The summed E-state index contributed by atoms with van der Waals surface area (Å²) in [4.78, 5) is 20.7. The van der Waals surface area contributed by atoms with E-state index >= 15 is 0 Å². The Bertz CT molecular complexity index is 924. The quantitative estimate of drug-likeness (QED) is 0.662. The topological polar surface area (TPSA) is 66.9 Å². The fourth-order valence-electron chi connectivity index (χ4n) is 2.60. The largest absolute Gasteiger partial charge is 0.350 e. The van der Waals surface area contributed by atoms with Gasteiger partial charge in [-0.2, -0.15) is 0 Å². The zero-order valence-corrected chi connectivity index (χ0v) is 16.0. The number of halogens is 1. The van der Waals surface area contributed by atoms with Gasteiger partial charge in [0.2, 0.25) is 0 Å². The summed E-state index contributed by atoms with van der Waals surface area (Å²) in [5.74, 6) is 0.358. The molecule has 27 heavy (non-hydrogen) atoms. The van der Waals surface area contributed by atoms with E-state index in [0.29, 0.717) is 17.4 Å². The molecule has 2 aromatic carbocycles. The maximum atomic E-state index is 12.2. The Kier molecular flexibility index (Phi) is 6.04. The molecule has 0 spiro atoms. The van der Waals surface area contributed by atoms with Gasteiger partial charge in [-0.3, -0.25) is 4.79 Å². The second-order valence-electron chi connectivity index (χ2n) is 6.29. The minimum Gasteiger partial charge on any atom is -0.350 e. The van der Waals surface area contributed by atoms with Crippen LogP contribution in [-0.2, 0) is 6.42 Å². The van der Waals surface area contributed by atoms with E-state index in [-0.39, 0.29) is 11.6 Å².